The van der Waals surface area contributed by atoms with Gasteiger partial charge in [-0.25, -0.2) is 5.10 Å². The molecule has 2 heterocycles. The van der Waals surface area contributed by atoms with Crippen molar-refractivity contribution < 1.29 is 18.3 Å². The number of hydrogen-bond acceptors (Lipinski definition) is 4. The number of ether oxygens (including phenoxy) is 2. The highest BCUT2D eigenvalue weighted by Gasteiger charge is 2.23. The molecule has 6 nitrogen and oxygen atoms in total. The van der Waals surface area contributed by atoms with Crippen LogP contribution in [0.25, 0.3) is 22.2 Å². The predicted molar refractivity (Wildman–Crippen MR) is 92.1 cm³/mol. The second-order valence-corrected chi connectivity index (χ2v) is 6.39. The fraction of sp³-hybridized carbons (Fsp3) is 0.294. The smallest absolute Gasteiger partial charge is 0.387 e. The van der Waals surface area contributed by atoms with Gasteiger partial charge in [-0.15, -0.1) is 0 Å². The molecule has 2 N–H and O–H groups in total. The summed E-state index contributed by atoms with van der Waals surface area (Å²) in [4.78, 5) is 15.0. The van der Waals surface area contributed by atoms with Gasteiger partial charge < -0.3 is 14.5 Å². The molecule has 2 aromatic heterocycles. The van der Waals surface area contributed by atoms with E-state index < -0.39 is 12.2 Å². The molecule has 1 aliphatic carbocycles. The average molecular weight is 382 g/mol. The molecule has 0 spiro atoms. The van der Waals surface area contributed by atoms with Gasteiger partial charge in [-0.2, -0.15) is 13.9 Å². The quantitative estimate of drug-likeness (QED) is 0.697. The van der Waals surface area contributed by atoms with Gasteiger partial charge in [-0.3, -0.25) is 4.79 Å². The van der Waals surface area contributed by atoms with E-state index in [-0.39, 0.29) is 28.0 Å². The van der Waals surface area contributed by atoms with E-state index in [9.17, 15) is 13.6 Å². The van der Waals surface area contributed by atoms with Crippen LogP contribution in [0.4, 0.5) is 8.78 Å². The minimum atomic E-state index is -2.95. The zero-order valence-corrected chi connectivity index (χ0v) is 14.1. The normalized spacial score (nSPS) is 14.6. The molecule has 0 aliphatic heterocycles. The van der Waals surface area contributed by atoms with E-state index in [4.69, 9.17) is 16.3 Å². The Balaban J connectivity index is 1.79. The monoisotopic (exact) mass is 381 g/mol. The molecule has 0 radical (unpaired) electrons. The van der Waals surface area contributed by atoms with Crippen molar-refractivity contribution in [3.63, 3.8) is 0 Å². The van der Waals surface area contributed by atoms with Crippen LogP contribution in [0.1, 0.15) is 19.3 Å². The molecule has 0 amide bonds. The van der Waals surface area contributed by atoms with Crippen LogP contribution in [0.15, 0.2) is 29.2 Å². The van der Waals surface area contributed by atoms with Gasteiger partial charge in [0.05, 0.1) is 33.9 Å². The zero-order chi connectivity index (χ0) is 18.3. The first kappa shape index (κ1) is 16.8. The molecule has 0 bridgehead atoms. The maximum absolute atomic E-state index is 12.7. The third-order valence-electron chi connectivity index (χ3n) is 4.35. The highest BCUT2D eigenvalue weighted by atomic mass is 35.5. The second kappa shape index (κ2) is 6.60. The molecule has 4 rings (SSSR count). The van der Waals surface area contributed by atoms with E-state index >= 15 is 0 Å². The number of alkyl halides is 2. The summed E-state index contributed by atoms with van der Waals surface area (Å²) in [5.41, 5.74) is 1.12. The lowest BCUT2D eigenvalue weighted by Gasteiger charge is -2.27. The summed E-state index contributed by atoms with van der Waals surface area (Å²) in [7, 11) is 0. The first-order chi connectivity index (χ1) is 12.5. The van der Waals surface area contributed by atoms with Crippen molar-refractivity contribution in [2.24, 2.45) is 0 Å². The van der Waals surface area contributed by atoms with E-state index in [0.717, 1.165) is 19.3 Å². The molecule has 0 unspecified atom stereocenters. The predicted octanol–water partition coefficient (Wildman–Crippen LogP) is 4.10. The van der Waals surface area contributed by atoms with Crippen LogP contribution in [0.5, 0.6) is 11.5 Å². The minimum absolute atomic E-state index is 0.0181. The van der Waals surface area contributed by atoms with Crippen molar-refractivity contribution in [3.05, 3.63) is 39.8 Å². The highest BCUT2D eigenvalue weighted by molar-refractivity contribution is 6.38. The number of H-pyrrole nitrogens is 2. The third kappa shape index (κ3) is 3.01. The molecule has 1 aromatic carbocycles. The van der Waals surface area contributed by atoms with Crippen molar-refractivity contribution in [3.8, 4) is 22.8 Å². The van der Waals surface area contributed by atoms with E-state index in [1.54, 1.807) is 12.1 Å². The topological polar surface area (TPSA) is 80.0 Å². The number of hydrogen-bond donors (Lipinski definition) is 2. The Morgan fingerprint density at radius 1 is 1.27 bits per heavy atom. The Morgan fingerprint density at radius 2 is 2.08 bits per heavy atom. The number of aromatic nitrogens is 3. The number of aromatic amines is 2. The number of rotatable bonds is 5. The summed E-state index contributed by atoms with van der Waals surface area (Å²) in [6.45, 7) is -2.95. The molecule has 3 aromatic rings. The summed E-state index contributed by atoms with van der Waals surface area (Å²) in [6.07, 6.45) is 4.21. The molecule has 9 heteroatoms. The fourth-order valence-corrected chi connectivity index (χ4v) is 3.19. The second-order valence-electron chi connectivity index (χ2n) is 6.01. The Bertz CT molecular complexity index is 1010. The molecule has 1 aliphatic rings. The largest absolute Gasteiger partial charge is 0.487 e. The van der Waals surface area contributed by atoms with Crippen molar-refractivity contribution in [2.75, 3.05) is 0 Å². The van der Waals surface area contributed by atoms with Crippen LogP contribution in [-0.2, 0) is 0 Å². The van der Waals surface area contributed by atoms with Gasteiger partial charge in [0.25, 0.3) is 5.56 Å². The molecular formula is C17H14ClF2N3O3. The van der Waals surface area contributed by atoms with Gasteiger partial charge in [-0.05, 0) is 37.5 Å². The van der Waals surface area contributed by atoms with Gasteiger partial charge in [-0.1, -0.05) is 11.6 Å². The van der Waals surface area contributed by atoms with E-state index in [1.165, 1.54) is 12.3 Å². The maximum atomic E-state index is 12.7. The highest BCUT2D eigenvalue weighted by Crippen LogP contribution is 2.39. The summed E-state index contributed by atoms with van der Waals surface area (Å²) in [5.74, 6) is 0.177. The Kier molecular flexibility index (Phi) is 4.28. The van der Waals surface area contributed by atoms with Crippen molar-refractivity contribution in [2.45, 2.75) is 32.0 Å². The first-order valence-electron chi connectivity index (χ1n) is 8.03. The lowest BCUT2D eigenvalue weighted by molar-refractivity contribution is -0.0526. The average Bonchev–Trinajstić information content (AvgIpc) is 2.90. The van der Waals surface area contributed by atoms with Gasteiger partial charge in [0.2, 0.25) is 0 Å². The molecule has 136 valence electrons. The van der Waals surface area contributed by atoms with E-state index in [2.05, 4.69) is 19.9 Å². The first-order valence-corrected chi connectivity index (χ1v) is 8.41. The van der Waals surface area contributed by atoms with Crippen molar-refractivity contribution in [1.29, 1.82) is 0 Å². The van der Waals surface area contributed by atoms with Crippen LogP contribution in [0, 0.1) is 0 Å². The fourth-order valence-electron chi connectivity index (χ4n) is 2.84. The molecule has 1 saturated carbocycles. The van der Waals surface area contributed by atoms with Crippen molar-refractivity contribution >= 4 is 22.5 Å². The van der Waals surface area contributed by atoms with Gasteiger partial charge in [0, 0.05) is 5.56 Å². The number of nitrogens with zero attached hydrogens (tertiary/aromatic N) is 1. The molecular weight excluding hydrogens is 368 g/mol. The standard InChI is InChI=1S/C17H14ClF2N3O3/c18-14-13-10(7-21-23-16(13)24)22-15(14)8-4-5-11(26-17(19)20)12(6-8)25-9-2-1-3-9/h4-7,9,17,22H,1-3H2,(H,23,24). The number of fused-ring (bicyclic) bond motifs is 1. The van der Waals surface area contributed by atoms with Gasteiger partial charge >= 0.3 is 6.61 Å². The third-order valence-corrected chi connectivity index (χ3v) is 4.73. The van der Waals surface area contributed by atoms with Crippen LogP contribution in [0.2, 0.25) is 5.02 Å². The van der Waals surface area contributed by atoms with Gasteiger partial charge in [0.15, 0.2) is 11.5 Å². The molecule has 0 atom stereocenters. The van der Waals surface area contributed by atoms with Crippen LogP contribution in [-0.4, -0.2) is 27.9 Å². The Hall–Kier alpha value is -2.61. The van der Waals surface area contributed by atoms with Gasteiger partial charge in [0.1, 0.15) is 0 Å². The zero-order valence-electron chi connectivity index (χ0n) is 13.4. The Morgan fingerprint density at radius 3 is 2.73 bits per heavy atom. The lowest BCUT2D eigenvalue weighted by atomic mass is 9.96. The molecule has 26 heavy (non-hydrogen) atoms. The number of nitrogens with one attached hydrogen (secondary N) is 2. The van der Waals surface area contributed by atoms with E-state index in [0.29, 0.717) is 16.8 Å². The molecule has 1 fully saturated rings. The van der Waals surface area contributed by atoms with Crippen molar-refractivity contribution in [1.82, 2.24) is 15.2 Å². The Labute approximate surface area is 151 Å². The summed E-state index contributed by atoms with van der Waals surface area (Å²) in [6, 6.07) is 4.55. The maximum Gasteiger partial charge on any atom is 0.387 e. The summed E-state index contributed by atoms with van der Waals surface area (Å²) < 4.78 is 35.6. The summed E-state index contributed by atoms with van der Waals surface area (Å²) in [5, 5.41) is 6.56. The number of halogens is 3. The van der Waals surface area contributed by atoms with E-state index in [1.807, 2.05) is 0 Å². The van der Waals surface area contributed by atoms with Crippen LogP contribution < -0.4 is 15.0 Å². The SMILES string of the molecule is O=c1[nH]ncc2[nH]c(-c3ccc(OC(F)F)c(OC4CCC4)c3)c(Cl)c12. The summed E-state index contributed by atoms with van der Waals surface area (Å²) >= 11 is 6.35. The molecule has 0 saturated heterocycles. The van der Waals surface area contributed by atoms with Crippen LogP contribution in [0.3, 0.4) is 0 Å². The lowest BCUT2D eigenvalue weighted by Crippen LogP contribution is -2.25. The van der Waals surface area contributed by atoms with Crippen LogP contribution >= 0.6 is 11.6 Å². The number of benzene rings is 1. The minimum Gasteiger partial charge on any atom is -0.487 e.